The largest absolute Gasteiger partial charge is 0.492 e. The van der Waals surface area contributed by atoms with E-state index in [1.165, 1.54) is 16.6 Å². The van der Waals surface area contributed by atoms with Crippen LogP contribution in [0.25, 0.3) is 22.6 Å². The lowest BCUT2D eigenvalue weighted by molar-refractivity contribution is -0.665. The van der Waals surface area contributed by atoms with Gasteiger partial charge in [-0.05, 0) is 43.2 Å². The summed E-state index contributed by atoms with van der Waals surface area (Å²) in [6.45, 7) is 5.92. The van der Waals surface area contributed by atoms with Crippen molar-refractivity contribution < 1.29 is 13.7 Å². The van der Waals surface area contributed by atoms with Crippen molar-refractivity contribution in [3.05, 3.63) is 47.5 Å². The third-order valence-electron chi connectivity index (χ3n) is 4.22. The second-order valence-corrected chi connectivity index (χ2v) is 5.66. The molecular weight excluding hydrogens is 262 g/mol. The molecule has 0 aliphatic carbocycles. The monoisotopic (exact) mass is 280 g/mol. The van der Waals surface area contributed by atoms with Crippen LogP contribution in [-0.2, 0) is 6.54 Å². The van der Waals surface area contributed by atoms with Crippen LogP contribution in [-0.4, -0.2) is 6.61 Å². The van der Waals surface area contributed by atoms with Gasteiger partial charge in [0.15, 0.2) is 6.54 Å². The molecule has 106 valence electrons. The number of hydrogen-bond acceptors (Lipinski definition) is 2. The van der Waals surface area contributed by atoms with Crippen LogP contribution in [0.5, 0.6) is 5.75 Å². The maximum atomic E-state index is 6.17. The number of rotatable bonds is 0. The maximum Gasteiger partial charge on any atom is 0.385 e. The van der Waals surface area contributed by atoms with Crippen molar-refractivity contribution in [3.63, 3.8) is 0 Å². The second-order valence-electron chi connectivity index (χ2n) is 5.66. The Morgan fingerprint density at radius 2 is 1.86 bits per heavy atom. The lowest BCUT2D eigenvalue weighted by Crippen LogP contribution is -2.36. The molecule has 3 heteroatoms. The molecule has 0 bridgehead atoms. The van der Waals surface area contributed by atoms with Gasteiger partial charge in [-0.2, -0.15) is 4.57 Å². The summed E-state index contributed by atoms with van der Waals surface area (Å²) in [6.07, 6.45) is 0.980. The van der Waals surface area contributed by atoms with Crippen molar-refractivity contribution in [2.24, 2.45) is 0 Å². The molecule has 0 radical (unpaired) electrons. The van der Waals surface area contributed by atoms with Gasteiger partial charge in [0.1, 0.15) is 11.3 Å². The minimum atomic E-state index is 0.737. The number of benzene rings is 2. The molecule has 3 nitrogen and oxygen atoms in total. The topological polar surface area (TPSA) is 26.2 Å². The molecule has 0 saturated heterocycles. The summed E-state index contributed by atoms with van der Waals surface area (Å²) >= 11 is 0. The van der Waals surface area contributed by atoms with Gasteiger partial charge in [-0.25, -0.2) is 0 Å². The highest BCUT2D eigenvalue weighted by Gasteiger charge is 2.28. The Bertz CT molecular complexity index is 833. The first-order valence-corrected chi connectivity index (χ1v) is 7.40. The molecular formula is C18H18NO2+. The van der Waals surface area contributed by atoms with Gasteiger partial charge in [-0.1, -0.05) is 12.1 Å². The van der Waals surface area contributed by atoms with E-state index >= 15 is 0 Å². The molecule has 0 atom stereocenters. The van der Waals surface area contributed by atoms with Gasteiger partial charge in [0.05, 0.1) is 6.61 Å². The summed E-state index contributed by atoms with van der Waals surface area (Å²) in [5.74, 6) is 1.80. The first-order valence-electron chi connectivity index (χ1n) is 7.40. The molecule has 4 rings (SSSR count). The van der Waals surface area contributed by atoms with E-state index in [1.54, 1.807) is 0 Å². The van der Waals surface area contributed by atoms with E-state index in [0.717, 1.165) is 42.4 Å². The van der Waals surface area contributed by atoms with Gasteiger partial charge < -0.3 is 9.15 Å². The first kappa shape index (κ1) is 12.5. The highest BCUT2D eigenvalue weighted by Crippen LogP contribution is 2.32. The first-order chi connectivity index (χ1) is 10.2. The maximum absolute atomic E-state index is 6.17. The van der Waals surface area contributed by atoms with Gasteiger partial charge in [0, 0.05) is 12.5 Å². The van der Waals surface area contributed by atoms with Crippen molar-refractivity contribution in [2.75, 3.05) is 6.61 Å². The van der Waals surface area contributed by atoms with Gasteiger partial charge in [0.25, 0.3) is 5.52 Å². The molecule has 3 aromatic rings. The Labute approximate surface area is 123 Å². The number of nitrogens with zero attached hydrogens (tertiary/aromatic N) is 1. The number of aryl methyl sites for hydroxylation is 3. The fourth-order valence-electron chi connectivity index (χ4n) is 2.93. The van der Waals surface area contributed by atoms with E-state index < -0.39 is 0 Å². The Morgan fingerprint density at radius 3 is 2.76 bits per heavy atom. The number of aromatic nitrogens is 1. The fourth-order valence-corrected chi connectivity index (χ4v) is 2.93. The molecule has 1 aliphatic rings. The summed E-state index contributed by atoms with van der Waals surface area (Å²) in [5, 5.41) is 0. The second kappa shape index (κ2) is 4.62. The number of para-hydroxylation sites is 1. The van der Waals surface area contributed by atoms with E-state index in [-0.39, 0.29) is 0 Å². The number of ether oxygens (including phenoxy) is 1. The van der Waals surface area contributed by atoms with Crippen LogP contribution in [0.3, 0.4) is 0 Å². The minimum absolute atomic E-state index is 0.737. The zero-order chi connectivity index (χ0) is 14.4. The lowest BCUT2D eigenvalue weighted by Gasteiger charge is -2.10. The molecule has 0 saturated carbocycles. The van der Waals surface area contributed by atoms with E-state index in [1.807, 2.05) is 18.2 Å². The van der Waals surface area contributed by atoms with Crippen molar-refractivity contribution in [1.29, 1.82) is 0 Å². The van der Waals surface area contributed by atoms with Crippen LogP contribution in [0.2, 0.25) is 0 Å². The van der Waals surface area contributed by atoms with Crippen LogP contribution in [0.15, 0.2) is 40.8 Å². The van der Waals surface area contributed by atoms with Crippen molar-refractivity contribution >= 4 is 11.1 Å². The molecule has 0 amide bonds. The molecule has 0 N–H and O–H groups in total. The summed E-state index contributed by atoms with van der Waals surface area (Å²) in [4.78, 5) is 0. The minimum Gasteiger partial charge on any atom is -0.492 e. The van der Waals surface area contributed by atoms with Crippen molar-refractivity contribution in [2.45, 2.75) is 26.8 Å². The Hall–Kier alpha value is -2.29. The van der Waals surface area contributed by atoms with Gasteiger partial charge >= 0.3 is 5.89 Å². The van der Waals surface area contributed by atoms with Gasteiger partial charge in [0.2, 0.25) is 5.58 Å². The lowest BCUT2D eigenvalue weighted by atomic mass is 10.1. The SMILES string of the molecule is Cc1cc2oc3[n+](c2cc1C)CCCOc1ccccc1-3. The molecule has 21 heavy (non-hydrogen) atoms. The van der Waals surface area contributed by atoms with Gasteiger partial charge in [-0.15, -0.1) is 0 Å². The normalized spacial score (nSPS) is 14.0. The van der Waals surface area contributed by atoms with E-state index in [2.05, 4.69) is 36.6 Å². The fraction of sp³-hybridized carbons (Fsp3) is 0.278. The molecule has 0 spiro atoms. The number of hydrogen-bond donors (Lipinski definition) is 0. The quantitative estimate of drug-likeness (QED) is 0.586. The van der Waals surface area contributed by atoms with E-state index in [9.17, 15) is 0 Å². The predicted octanol–water partition coefficient (Wildman–Crippen LogP) is 3.79. The Morgan fingerprint density at radius 1 is 1.05 bits per heavy atom. The van der Waals surface area contributed by atoms with Crippen LogP contribution < -0.4 is 9.30 Å². The molecule has 1 aliphatic heterocycles. The highest BCUT2D eigenvalue weighted by atomic mass is 16.5. The summed E-state index contributed by atoms with van der Waals surface area (Å²) in [7, 11) is 0. The molecule has 2 heterocycles. The van der Waals surface area contributed by atoms with E-state index in [0.29, 0.717) is 0 Å². The smallest absolute Gasteiger partial charge is 0.385 e. The van der Waals surface area contributed by atoms with Crippen LogP contribution in [0.4, 0.5) is 0 Å². The average molecular weight is 280 g/mol. The van der Waals surface area contributed by atoms with Crippen molar-refractivity contribution in [3.8, 4) is 17.2 Å². The molecule has 2 aromatic carbocycles. The standard InChI is InChI=1S/C18H18NO2/c1-12-10-15-17(11-13(12)2)21-18-14-6-3-4-7-16(14)20-9-5-8-19(15)18/h3-4,6-7,10-11H,5,8-9H2,1-2H3/q+1. The summed E-state index contributed by atoms with van der Waals surface area (Å²) in [6, 6.07) is 12.5. The zero-order valence-corrected chi connectivity index (χ0v) is 12.3. The van der Waals surface area contributed by atoms with Crippen LogP contribution >= 0.6 is 0 Å². The Kier molecular flexibility index (Phi) is 2.74. The van der Waals surface area contributed by atoms with Crippen molar-refractivity contribution in [1.82, 2.24) is 0 Å². The molecule has 1 aromatic heterocycles. The molecule has 0 unspecified atom stereocenters. The molecule has 0 fully saturated rings. The number of oxazole rings is 1. The zero-order valence-electron chi connectivity index (χ0n) is 12.3. The average Bonchev–Trinajstić information content (AvgIpc) is 2.79. The highest BCUT2D eigenvalue weighted by molar-refractivity contribution is 5.74. The van der Waals surface area contributed by atoms with E-state index in [4.69, 9.17) is 9.15 Å². The summed E-state index contributed by atoms with van der Waals surface area (Å²) in [5.41, 5.74) is 5.71. The van der Waals surface area contributed by atoms with Gasteiger partial charge in [-0.3, -0.25) is 0 Å². The van der Waals surface area contributed by atoms with Crippen LogP contribution in [0, 0.1) is 13.8 Å². The van der Waals surface area contributed by atoms with Crippen LogP contribution in [0.1, 0.15) is 17.5 Å². The Balaban J connectivity index is 2.05. The predicted molar refractivity (Wildman–Crippen MR) is 81.4 cm³/mol. The third-order valence-corrected chi connectivity index (χ3v) is 4.22. The third kappa shape index (κ3) is 1.92. The summed E-state index contributed by atoms with van der Waals surface area (Å²) < 4.78 is 14.3. The number of fused-ring (bicyclic) bond motifs is 5.